The van der Waals surface area contributed by atoms with Crippen molar-refractivity contribution in [2.75, 3.05) is 6.61 Å². The third-order valence-electron chi connectivity index (χ3n) is 4.64. The molecular weight excluding hydrogens is 360 g/mol. The summed E-state index contributed by atoms with van der Waals surface area (Å²) < 4.78 is 34.5. The number of ether oxygens (including phenoxy) is 1. The first kappa shape index (κ1) is 22.0. The fourth-order valence-corrected chi connectivity index (χ4v) is 2.95. The molecule has 5 heteroatoms. The van der Waals surface area contributed by atoms with Gasteiger partial charge < -0.3 is 9.72 Å². The number of aromatic nitrogens is 1. The number of pyridine rings is 1. The number of H-pyrrole nitrogens is 1. The molecule has 3 nitrogen and oxygen atoms in total. The van der Waals surface area contributed by atoms with Crippen molar-refractivity contribution in [3.8, 4) is 11.1 Å². The minimum atomic E-state index is -0.914. The first-order valence-corrected chi connectivity index (χ1v) is 9.98. The minimum Gasteiger partial charge on any atom is -0.379 e. The smallest absolute Gasteiger partial charge is 0.247 e. The highest BCUT2D eigenvalue weighted by molar-refractivity contribution is 5.66. The highest BCUT2D eigenvalue weighted by atomic mass is 19.2. The van der Waals surface area contributed by atoms with Gasteiger partial charge in [0.1, 0.15) is 0 Å². The molecule has 0 amide bonds. The Bertz CT molecular complexity index is 809. The predicted molar refractivity (Wildman–Crippen MR) is 110 cm³/mol. The Labute approximate surface area is 165 Å². The van der Waals surface area contributed by atoms with Crippen molar-refractivity contribution in [1.82, 2.24) is 4.98 Å². The number of hydrogen-bond donors (Lipinski definition) is 1. The van der Waals surface area contributed by atoms with Gasteiger partial charge >= 0.3 is 0 Å². The van der Waals surface area contributed by atoms with Crippen LogP contribution in [-0.2, 0) is 4.74 Å². The van der Waals surface area contributed by atoms with Crippen LogP contribution in [0.2, 0.25) is 0 Å². The van der Waals surface area contributed by atoms with Gasteiger partial charge in [-0.3, -0.25) is 4.79 Å². The Morgan fingerprint density at radius 3 is 2.64 bits per heavy atom. The first-order valence-electron chi connectivity index (χ1n) is 9.98. The molecule has 2 aromatic rings. The van der Waals surface area contributed by atoms with Gasteiger partial charge in [-0.1, -0.05) is 44.1 Å². The SMILES string of the molecule is CCCCCOC(C)CCCC=Cc1ccc(-c2ccc(=O)[nH]c2)c(F)c1F. The summed E-state index contributed by atoms with van der Waals surface area (Å²) in [4.78, 5) is 13.6. The van der Waals surface area contributed by atoms with Gasteiger partial charge in [0.05, 0.1) is 6.10 Å². The van der Waals surface area contributed by atoms with E-state index in [1.807, 2.05) is 6.08 Å². The molecule has 0 radical (unpaired) electrons. The standard InChI is InChI=1S/C23H29F2NO2/c1-3-4-8-15-28-17(2)9-6-5-7-10-18-11-13-20(23(25)22(18)24)19-12-14-21(27)26-16-19/h7,10-14,16-17H,3-6,8-9,15H2,1-2H3,(H,26,27). The lowest BCUT2D eigenvalue weighted by Crippen LogP contribution is -2.08. The van der Waals surface area contributed by atoms with Gasteiger partial charge in [0, 0.05) is 35.6 Å². The van der Waals surface area contributed by atoms with E-state index in [-0.39, 0.29) is 22.8 Å². The van der Waals surface area contributed by atoms with Gasteiger partial charge in [-0.15, -0.1) is 0 Å². The van der Waals surface area contributed by atoms with Crippen LogP contribution in [-0.4, -0.2) is 17.7 Å². The molecular formula is C23H29F2NO2. The van der Waals surface area contributed by atoms with Crippen LogP contribution in [0.25, 0.3) is 17.2 Å². The lowest BCUT2D eigenvalue weighted by molar-refractivity contribution is 0.0566. The van der Waals surface area contributed by atoms with Crippen LogP contribution in [0.3, 0.4) is 0 Å². The van der Waals surface area contributed by atoms with Crippen molar-refractivity contribution >= 4 is 6.08 Å². The Morgan fingerprint density at radius 2 is 1.93 bits per heavy atom. The molecule has 1 aromatic heterocycles. The summed E-state index contributed by atoms with van der Waals surface area (Å²) in [6, 6.07) is 5.83. The molecule has 1 atom stereocenters. The van der Waals surface area contributed by atoms with E-state index in [9.17, 15) is 13.6 Å². The quantitative estimate of drug-likeness (QED) is 0.472. The Hall–Kier alpha value is -2.27. The van der Waals surface area contributed by atoms with E-state index in [0.29, 0.717) is 5.56 Å². The van der Waals surface area contributed by atoms with E-state index in [0.717, 1.165) is 32.3 Å². The summed E-state index contributed by atoms with van der Waals surface area (Å²) in [5.74, 6) is -1.80. The zero-order valence-corrected chi connectivity index (χ0v) is 16.6. The van der Waals surface area contributed by atoms with Crippen LogP contribution in [0.4, 0.5) is 8.78 Å². The second-order valence-corrected chi connectivity index (χ2v) is 6.99. The molecule has 1 unspecified atom stereocenters. The molecule has 0 aliphatic rings. The van der Waals surface area contributed by atoms with Gasteiger partial charge in [-0.2, -0.15) is 0 Å². The zero-order valence-electron chi connectivity index (χ0n) is 16.6. The maximum absolute atomic E-state index is 14.4. The van der Waals surface area contributed by atoms with Gasteiger partial charge in [0.15, 0.2) is 11.6 Å². The number of nitrogens with one attached hydrogen (secondary N) is 1. The second kappa shape index (κ2) is 11.5. The topological polar surface area (TPSA) is 42.1 Å². The van der Waals surface area contributed by atoms with Gasteiger partial charge in [-0.05, 0) is 38.7 Å². The highest BCUT2D eigenvalue weighted by Gasteiger charge is 2.13. The molecule has 0 spiro atoms. The number of rotatable bonds is 11. The lowest BCUT2D eigenvalue weighted by atomic mass is 10.0. The van der Waals surface area contributed by atoms with E-state index in [1.54, 1.807) is 12.1 Å². The summed E-state index contributed by atoms with van der Waals surface area (Å²) in [5, 5.41) is 0. The average molecular weight is 389 g/mol. The molecule has 1 N–H and O–H groups in total. The van der Waals surface area contributed by atoms with Crippen molar-refractivity contribution < 1.29 is 13.5 Å². The fraction of sp³-hybridized carbons (Fsp3) is 0.435. The number of unbranched alkanes of at least 4 members (excludes halogenated alkanes) is 3. The Balaban J connectivity index is 1.86. The summed E-state index contributed by atoms with van der Waals surface area (Å²) in [6.45, 7) is 5.04. The molecule has 2 rings (SSSR count). The van der Waals surface area contributed by atoms with Crippen molar-refractivity contribution in [2.45, 2.75) is 58.5 Å². The third kappa shape index (κ3) is 6.71. The zero-order chi connectivity index (χ0) is 20.4. The highest BCUT2D eigenvalue weighted by Crippen LogP contribution is 2.26. The van der Waals surface area contributed by atoms with E-state index < -0.39 is 11.6 Å². The van der Waals surface area contributed by atoms with Crippen molar-refractivity contribution in [3.05, 3.63) is 64.1 Å². The maximum Gasteiger partial charge on any atom is 0.247 e. The molecule has 0 aliphatic heterocycles. The summed E-state index contributed by atoms with van der Waals surface area (Å²) in [5.41, 5.74) is 0.485. The van der Waals surface area contributed by atoms with Crippen LogP contribution in [0.15, 0.2) is 41.3 Å². The Morgan fingerprint density at radius 1 is 1.11 bits per heavy atom. The minimum absolute atomic E-state index is 0.125. The molecule has 1 aromatic carbocycles. The molecule has 0 bridgehead atoms. The number of allylic oxidation sites excluding steroid dienone is 1. The van der Waals surface area contributed by atoms with Gasteiger partial charge in [0.25, 0.3) is 0 Å². The van der Waals surface area contributed by atoms with Crippen LogP contribution >= 0.6 is 0 Å². The normalized spacial score (nSPS) is 12.6. The summed E-state index contributed by atoms with van der Waals surface area (Å²) in [7, 11) is 0. The van der Waals surface area contributed by atoms with E-state index in [2.05, 4.69) is 18.8 Å². The molecule has 0 saturated heterocycles. The van der Waals surface area contributed by atoms with Gasteiger partial charge in [0.2, 0.25) is 5.56 Å². The average Bonchev–Trinajstić information content (AvgIpc) is 2.69. The van der Waals surface area contributed by atoms with Crippen LogP contribution in [0, 0.1) is 11.6 Å². The van der Waals surface area contributed by atoms with Crippen LogP contribution in [0.1, 0.15) is 57.9 Å². The third-order valence-corrected chi connectivity index (χ3v) is 4.64. The molecule has 28 heavy (non-hydrogen) atoms. The summed E-state index contributed by atoms with van der Waals surface area (Å²) in [6.07, 6.45) is 11.2. The Kier molecular flexibility index (Phi) is 9.08. The molecule has 1 heterocycles. The molecule has 0 aliphatic carbocycles. The number of aromatic amines is 1. The monoisotopic (exact) mass is 389 g/mol. The number of halogens is 2. The van der Waals surface area contributed by atoms with E-state index in [4.69, 9.17) is 4.74 Å². The lowest BCUT2D eigenvalue weighted by Gasteiger charge is -2.12. The van der Waals surface area contributed by atoms with E-state index >= 15 is 0 Å². The van der Waals surface area contributed by atoms with Crippen LogP contribution in [0.5, 0.6) is 0 Å². The second-order valence-electron chi connectivity index (χ2n) is 6.99. The van der Waals surface area contributed by atoms with Gasteiger partial charge in [-0.25, -0.2) is 8.78 Å². The first-order chi connectivity index (χ1) is 13.5. The van der Waals surface area contributed by atoms with E-state index in [1.165, 1.54) is 37.2 Å². The van der Waals surface area contributed by atoms with Crippen molar-refractivity contribution in [3.63, 3.8) is 0 Å². The number of hydrogen-bond acceptors (Lipinski definition) is 2. The van der Waals surface area contributed by atoms with Crippen molar-refractivity contribution in [2.24, 2.45) is 0 Å². The number of benzene rings is 1. The van der Waals surface area contributed by atoms with Crippen LogP contribution < -0.4 is 5.56 Å². The molecule has 0 fully saturated rings. The summed E-state index contributed by atoms with van der Waals surface area (Å²) >= 11 is 0. The molecule has 0 saturated carbocycles. The maximum atomic E-state index is 14.4. The van der Waals surface area contributed by atoms with Crippen molar-refractivity contribution in [1.29, 1.82) is 0 Å². The predicted octanol–water partition coefficient (Wildman–Crippen LogP) is 6.10. The fourth-order valence-electron chi connectivity index (χ4n) is 2.95. The largest absolute Gasteiger partial charge is 0.379 e. The molecule has 152 valence electrons.